The van der Waals surface area contributed by atoms with Crippen molar-refractivity contribution in [1.82, 2.24) is 15.1 Å². The summed E-state index contributed by atoms with van der Waals surface area (Å²) in [6.07, 6.45) is 2.72. The van der Waals surface area contributed by atoms with Crippen LogP contribution < -0.4 is 5.32 Å². The Morgan fingerprint density at radius 1 is 1.19 bits per heavy atom. The first-order chi connectivity index (χ1) is 10.1. The fourth-order valence-corrected chi connectivity index (χ4v) is 3.50. The third kappa shape index (κ3) is 4.06. The Labute approximate surface area is 129 Å². The van der Waals surface area contributed by atoms with Crippen LogP contribution in [0.2, 0.25) is 0 Å². The summed E-state index contributed by atoms with van der Waals surface area (Å²) >= 11 is 0. The van der Waals surface area contributed by atoms with E-state index in [1.54, 1.807) is 0 Å². The van der Waals surface area contributed by atoms with E-state index in [9.17, 15) is 0 Å². The molecule has 3 heteroatoms. The van der Waals surface area contributed by atoms with Gasteiger partial charge in [-0.3, -0.25) is 4.90 Å². The lowest BCUT2D eigenvalue weighted by Gasteiger charge is -2.22. The van der Waals surface area contributed by atoms with Gasteiger partial charge in [0.05, 0.1) is 0 Å². The number of nitrogens with one attached hydrogen (secondary N) is 1. The van der Waals surface area contributed by atoms with E-state index >= 15 is 0 Å². The Balaban J connectivity index is 1.56. The highest BCUT2D eigenvalue weighted by Crippen LogP contribution is 2.22. The molecule has 1 heterocycles. The van der Waals surface area contributed by atoms with Crippen LogP contribution in [-0.2, 0) is 13.1 Å². The highest BCUT2D eigenvalue weighted by Gasteiger charge is 2.30. The van der Waals surface area contributed by atoms with Crippen molar-refractivity contribution in [2.75, 3.05) is 27.2 Å². The van der Waals surface area contributed by atoms with E-state index in [4.69, 9.17) is 0 Å². The molecule has 0 radical (unpaired) electrons. The molecular weight excluding hydrogens is 258 g/mol. The summed E-state index contributed by atoms with van der Waals surface area (Å²) in [6, 6.07) is 10.6. The fraction of sp³-hybridized carbons (Fsp3) is 0.667. The number of likely N-dealkylation sites (N-methyl/N-ethyl adjacent to an activating group) is 1. The summed E-state index contributed by atoms with van der Waals surface area (Å²) < 4.78 is 0. The molecule has 1 aromatic carbocycles. The van der Waals surface area contributed by atoms with Crippen molar-refractivity contribution in [3.8, 4) is 0 Å². The minimum atomic E-state index is 0.699. The average Bonchev–Trinajstić information content (AvgIpc) is 3.20. The largest absolute Gasteiger partial charge is 0.310 e. The second kappa shape index (κ2) is 6.47. The third-order valence-corrected chi connectivity index (χ3v) is 4.88. The third-order valence-electron chi connectivity index (χ3n) is 4.88. The van der Waals surface area contributed by atoms with Crippen molar-refractivity contribution in [2.45, 2.75) is 44.9 Å². The van der Waals surface area contributed by atoms with Crippen LogP contribution in [0, 0.1) is 5.92 Å². The van der Waals surface area contributed by atoms with Gasteiger partial charge in [-0.1, -0.05) is 31.2 Å². The topological polar surface area (TPSA) is 18.5 Å². The number of hydrogen-bond acceptors (Lipinski definition) is 3. The molecule has 21 heavy (non-hydrogen) atoms. The zero-order chi connectivity index (χ0) is 14.8. The van der Waals surface area contributed by atoms with Crippen LogP contribution in [0.3, 0.4) is 0 Å². The lowest BCUT2D eigenvalue weighted by Crippen LogP contribution is -2.34. The van der Waals surface area contributed by atoms with Crippen molar-refractivity contribution < 1.29 is 0 Å². The van der Waals surface area contributed by atoms with Crippen LogP contribution in [0.4, 0.5) is 0 Å². The van der Waals surface area contributed by atoms with Crippen LogP contribution in [0.15, 0.2) is 24.3 Å². The lowest BCUT2D eigenvalue weighted by atomic mass is 10.1. The maximum atomic E-state index is 3.60. The first-order valence-corrected chi connectivity index (χ1v) is 8.32. The van der Waals surface area contributed by atoms with Crippen molar-refractivity contribution in [2.24, 2.45) is 5.92 Å². The van der Waals surface area contributed by atoms with E-state index in [2.05, 4.69) is 60.4 Å². The number of nitrogens with zero attached hydrogens (tertiary/aromatic N) is 2. The summed E-state index contributed by atoms with van der Waals surface area (Å²) in [5, 5.41) is 3.60. The molecular formula is C18H29N3. The number of rotatable bonds is 6. The fourth-order valence-electron chi connectivity index (χ4n) is 3.50. The van der Waals surface area contributed by atoms with Gasteiger partial charge in [0.25, 0.3) is 0 Å². The van der Waals surface area contributed by atoms with Crippen LogP contribution in [-0.4, -0.2) is 49.1 Å². The second-order valence-corrected chi connectivity index (χ2v) is 7.18. The molecule has 2 atom stereocenters. The van der Waals surface area contributed by atoms with Gasteiger partial charge < -0.3 is 10.2 Å². The summed E-state index contributed by atoms with van der Waals surface area (Å²) in [7, 11) is 4.41. The predicted molar refractivity (Wildman–Crippen MR) is 88.2 cm³/mol. The van der Waals surface area contributed by atoms with Gasteiger partial charge in [0.2, 0.25) is 0 Å². The summed E-state index contributed by atoms with van der Waals surface area (Å²) in [6.45, 7) is 6.90. The van der Waals surface area contributed by atoms with Gasteiger partial charge in [0.15, 0.2) is 0 Å². The van der Waals surface area contributed by atoms with E-state index < -0.39 is 0 Å². The number of benzene rings is 1. The van der Waals surface area contributed by atoms with Gasteiger partial charge in [-0.25, -0.2) is 0 Å². The lowest BCUT2D eigenvalue weighted by molar-refractivity contribution is 0.250. The molecule has 1 N–H and O–H groups in total. The van der Waals surface area contributed by atoms with Crippen LogP contribution in [0.25, 0.3) is 0 Å². The summed E-state index contributed by atoms with van der Waals surface area (Å²) in [4.78, 5) is 4.98. The number of hydrogen-bond donors (Lipinski definition) is 1. The normalized spacial score (nSPS) is 26.7. The van der Waals surface area contributed by atoms with Gasteiger partial charge in [-0.05, 0) is 44.0 Å². The molecule has 0 spiro atoms. The molecule has 0 bridgehead atoms. The zero-order valence-electron chi connectivity index (χ0n) is 13.7. The molecule has 3 rings (SSSR count). The molecule has 0 aromatic heterocycles. The quantitative estimate of drug-likeness (QED) is 0.866. The molecule has 3 nitrogen and oxygen atoms in total. The molecule has 116 valence electrons. The van der Waals surface area contributed by atoms with Crippen LogP contribution >= 0.6 is 0 Å². The zero-order valence-corrected chi connectivity index (χ0v) is 13.7. The molecule has 1 aliphatic carbocycles. The van der Waals surface area contributed by atoms with E-state index in [1.807, 2.05) is 0 Å². The van der Waals surface area contributed by atoms with E-state index in [0.29, 0.717) is 6.04 Å². The maximum absolute atomic E-state index is 3.60. The molecule has 1 saturated carbocycles. The minimum Gasteiger partial charge on any atom is -0.310 e. The first kappa shape index (κ1) is 15.0. The second-order valence-electron chi connectivity index (χ2n) is 7.18. The van der Waals surface area contributed by atoms with E-state index in [-0.39, 0.29) is 0 Å². The molecule has 1 aliphatic heterocycles. The van der Waals surface area contributed by atoms with Crippen molar-refractivity contribution in [3.63, 3.8) is 0 Å². The van der Waals surface area contributed by atoms with Gasteiger partial charge >= 0.3 is 0 Å². The Hall–Kier alpha value is -0.900. The average molecular weight is 287 g/mol. The SMILES string of the molecule is CC1CN(Cc2cccc(CNC3CC3)c2)CC1N(C)C. The number of likely N-dealkylation sites (tertiary alicyclic amines) is 1. The maximum Gasteiger partial charge on any atom is 0.0254 e. The van der Waals surface area contributed by atoms with Gasteiger partial charge in [0, 0.05) is 38.3 Å². The standard InChI is InChI=1S/C18H29N3/c1-14-11-21(13-18(14)20(2)3)12-16-6-4-5-15(9-16)10-19-17-7-8-17/h4-6,9,14,17-19H,7-8,10-13H2,1-3H3. The van der Waals surface area contributed by atoms with Crippen molar-refractivity contribution in [1.29, 1.82) is 0 Å². The molecule has 0 amide bonds. The minimum absolute atomic E-state index is 0.699. The Bertz CT molecular complexity index is 467. The monoisotopic (exact) mass is 287 g/mol. The predicted octanol–water partition coefficient (Wildman–Crippen LogP) is 2.32. The molecule has 2 aliphatic rings. The van der Waals surface area contributed by atoms with Gasteiger partial charge in [-0.15, -0.1) is 0 Å². The Kier molecular flexibility index (Phi) is 4.63. The van der Waals surface area contributed by atoms with Gasteiger partial charge in [0.1, 0.15) is 0 Å². The highest BCUT2D eigenvalue weighted by molar-refractivity contribution is 5.23. The van der Waals surface area contributed by atoms with E-state index in [0.717, 1.165) is 25.0 Å². The van der Waals surface area contributed by atoms with E-state index in [1.165, 1.54) is 37.1 Å². The van der Waals surface area contributed by atoms with Gasteiger partial charge in [-0.2, -0.15) is 0 Å². The van der Waals surface area contributed by atoms with Crippen LogP contribution in [0.5, 0.6) is 0 Å². The Morgan fingerprint density at radius 3 is 2.62 bits per heavy atom. The first-order valence-electron chi connectivity index (χ1n) is 8.32. The summed E-state index contributed by atoms with van der Waals surface area (Å²) in [5.74, 6) is 0.764. The molecule has 2 unspecified atom stereocenters. The Morgan fingerprint density at radius 2 is 1.95 bits per heavy atom. The van der Waals surface area contributed by atoms with Crippen molar-refractivity contribution >= 4 is 0 Å². The highest BCUT2D eigenvalue weighted by atomic mass is 15.2. The van der Waals surface area contributed by atoms with Crippen molar-refractivity contribution in [3.05, 3.63) is 35.4 Å². The summed E-state index contributed by atoms with van der Waals surface area (Å²) in [5.41, 5.74) is 2.88. The molecule has 2 fully saturated rings. The molecule has 1 saturated heterocycles. The smallest absolute Gasteiger partial charge is 0.0254 e. The van der Waals surface area contributed by atoms with Crippen LogP contribution in [0.1, 0.15) is 30.9 Å². The molecule has 1 aromatic rings.